The number of fused-ring (bicyclic) bond motifs is 13. The van der Waals surface area contributed by atoms with Crippen LogP contribution in [0.25, 0.3) is 44.5 Å². The molecule has 0 aliphatic heterocycles. The van der Waals surface area contributed by atoms with Gasteiger partial charge in [-0.1, -0.05) is 190 Å². The molecule has 10 aromatic rings. The maximum atomic E-state index is 9.01. The van der Waals surface area contributed by atoms with Crippen LogP contribution in [0.4, 0.5) is 34.1 Å². The topological polar surface area (TPSA) is 6.48 Å². The molecule has 1 unspecified atom stereocenters. The Bertz CT molecular complexity index is 3750. The third kappa shape index (κ3) is 5.48. The lowest BCUT2D eigenvalue weighted by atomic mass is 9.70. The Morgan fingerprint density at radius 1 is 0.333 bits per heavy atom. The van der Waals surface area contributed by atoms with Crippen molar-refractivity contribution < 1.29 is 6.85 Å². The van der Waals surface area contributed by atoms with Crippen LogP contribution in [0.2, 0.25) is 0 Å². The standard InChI is InChI=1S/C64H46N2/c1-63(2)55-31-15-14-30-54(55)62-58(63)34-19-35-61(62)66(47-27-18-22-44(40-47)43-20-6-3-7-21-43)49-37-39-53-51-29-13-17-33-57(51)64(60(53)42-49)56-32-16-12-28-50(56)52-38-36-48(41-59(52)64)65(45-23-8-4-9-24-45)46-25-10-5-11-26-46/h3-42H,1-2H3/i3D,6D,7D,20D,21D. The number of benzene rings is 10. The van der Waals surface area contributed by atoms with Crippen molar-refractivity contribution >= 4 is 34.1 Å². The molecular formula is C64H46N2. The van der Waals surface area contributed by atoms with Crippen LogP contribution in [0.15, 0.2) is 243 Å². The molecule has 3 aliphatic carbocycles. The predicted molar refractivity (Wildman–Crippen MR) is 275 cm³/mol. The van der Waals surface area contributed by atoms with Crippen LogP contribution in [0.5, 0.6) is 0 Å². The lowest BCUT2D eigenvalue weighted by Crippen LogP contribution is -2.26. The Kier molecular flexibility index (Phi) is 7.41. The molecule has 13 rings (SSSR count). The zero-order valence-corrected chi connectivity index (χ0v) is 36.6. The highest BCUT2D eigenvalue weighted by molar-refractivity contribution is 6.00. The molecule has 0 amide bonds. The third-order valence-electron chi connectivity index (χ3n) is 14.3. The highest BCUT2D eigenvalue weighted by Gasteiger charge is 2.52. The molecule has 0 N–H and O–H groups in total. The van der Waals surface area contributed by atoms with E-state index in [4.69, 9.17) is 6.85 Å². The van der Waals surface area contributed by atoms with Crippen LogP contribution in [-0.4, -0.2) is 0 Å². The van der Waals surface area contributed by atoms with Crippen LogP contribution in [0.3, 0.4) is 0 Å². The second kappa shape index (κ2) is 14.7. The maximum Gasteiger partial charge on any atom is 0.0727 e. The van der Waals surface area contributed by atoms with E-state index in [0.29, 0.717) is 5.56 Å². The molecule has 0 heterocycles. The van der Waals surface area contributed by atoms with Crippen LogP contribution in [-0.2, 0) is 10.8 Å². The monoisotopic (exact) mass is 847 g/mol. The van der Waals surface area contributed by atoms with Gasteiger partial charge in [-0.2, -0.15) is 0 Å². The lowest BCUT2D eigenvalue weighted by Gasteiger charge is -2.34. The minimum Gasteiger partial charge on any atom is -0.310 e. The Labute approximate surface area is 394 Å². The number of rotatable bonds is 7. The number of anilines is 6. The van der Waals surface area contributed by atoms with Gasteiger partial charge >= 0.3 is 0 Å². The Hall–Kier alpha value is -8.20. The van der Waals surface area contributed by atoms with Crippen molar-refractivity contribution in [3.63, 3.8) is 0 Å². The fourth-order valence-corrected chi connectivity index (χ4v) is 11.5. The largest absolute Gasteiger partial charge is 0.310 e. The van der Waals surface area contributed by atoms with E-state index in [1.54, 1.807) is 0 Å². The summed E-state index contributed by atoms with van der Waals surface area (Å²) >= 11 is 0. The molecule has 0 radical (unpaired) electrons. The summed E-state index contributed by atoms with van der Waals surface area (Å²) in [5.41, 5.74) is 20.0. The van der Waals surface area contributed by atoms with Gasteiger partial charge in [0.05, 0.1) is 18.0 Å². The van der Waals surface area contributed by atoms with Gasteiger partial charge in [0.2, 0.25) is 0 Å². The summed E-state index contributed by atoms with van der Waals surface area (Å²) in [6.45, 7) is 4.59. The van der Waals surface area contributed by atoms with E-state index in [-0.39, 0.29) is 35.1 Å². The first-order chi connectivity index (χ1) is 34.6. The summed E-state index contributed by atoms with van der Waals surface area (Å²) in [4.78, 5) is 4.66. The molecule has 312 valence electrons. The summed E-state index contributed by atoms with van der Waals surface area (Å²) in [7, 11) is 0. The van der Waals surface area contributed by atoms with Crippen molar-refractivity contribution in [3.05, 3.63) is 276 Å². The van der Waals surface area contributed by atoms with Crippen LogP contribution >= 0.6 is 0 Å². The number of nitrogens with zero attached hydrogens (tertiary/aromatic N) is 2. The second-order valence-electron chi connectivity index (χ2n) is 18.1. The fourth-order valence-electron chi connectivity index (χ4n) is 11.5. The fraction of sp³-hybridized carbons (Fsp3) is 0.0625. The summed E-state index contributed by atoms with van der Waals surface area (Å²) < 4.78 is 43.6. The number of hydrogen-bond donors (Lipinski definition) is 0. The molecular weight excluding hydrogens is 797 g/mol. The van der Waals surface area contributed by atoms with Gasteiger partial charge in [-0.05, 0) is 139 Å². The molecule has 1 spiro atoms. The lowest BCUT2D eigenvalue weighted by molar-refractivity contribution is 0.660. The van der Waals surface area contributed by atoms with Crippen molar-refractivity contribution in [2.45, 2.75) is 24.7 Å². The zero-order valence-electron chi connectivity index (χ0n) is 41.6. The minimum absolute atomic E-state index is 0.168. The molecule has 0 saturated carbocycles. The molecule has 10 aromatic carbocycles. The van der Waals surface area contributed by atoms with E-state index in [1.807, 2.05) is 18.2 Å². The van der Waals surface area contributed by atoms with Gasteiger partial charge in [-0.25, -0.2) is 0 Å². The Morgan fingerprint density at radius 2 is 0.803 bits per heavy atom. The summed E-state index contributed by atoms with van der Waals surface area (Å²) in [5.74, 6) is 0. The van der Waals surface area contributed by atoms with Crippen LogP contribution in [0, 0.1) is 0 Å². The third-order valence-corrected chi connectivity index (χ3v) is 14.3. The van der Waals surface area contributed by atoms with E-state index < -0.39 is 11.5 Å². The highest BCUT2D eigenvalue weighted by atomic mass is 15.2. The summed E-state index contributed by atoms with van der Waals surface area (Å²) in [6.07, 6.45) is 0. The van der Waals surface area contributed by atoms with Crippen molar-refractivity contribution in [2.24, 2.45) is 0 Å². The summed E-state index contributed by atoms with van der Waals surface area (Å²) in [5, 5.41) is 0. The Balaban J connectivity index is 1.09. The normalized spacial score (nSPS) is 16.4. The molecule has 0 saturated heterocycles. The number of hydrogen-bond acceptors (Lipinski definition) is 2. The zero-order chi connectivity index (χ0) is 48.3. The van der Waals surface area contributed by atoms with E-state index in [0.717, 1.165) is 45.3 Å². The highest BCUT2D eigenvalue weighted by Crippen LogP contribution is 2.64. The summed E-state index contributed by atoms with van der Waals surface area (Å²) in [6, 6.07) is 74.3. The quantitative estimate of drug-likeness (QED) is 0.158. The van der Waals surface area contributed by atoms with Gasteiger partial charge in [0.1, 0.15) is 0 Å². The van der Waals surface area contributed by atoms with Crippen LogP contribution < -0.4 is 9.80 Å². The SMILES string of the molecule is [2H]c1c([2H])c([2H])c(-c2cccc(N(c3ccc4c(c3)C3(c5ccccc5-c5ccc(N(c6ccccc6)c6ccccc6)cc53)c3ccccc3-4)c3cccc4c3-c3ccccc3C4(C)C)c2)c([2H])c1[2H]. The van der Waals surface area contributed by atoms with Gasteiger partial charge in [0, 0.05) is 39.4 Å². The van der Waals surface area contributed by atoms with Crippen molar-refractivity contribution in [2.75, 3.05) is 9.80 Å². The first kappa shape index (κ1) is 33.3. The molecule has 0 bridgehead atoms. The van der Waals surface area contributed by atoms with Crippen molar-refractivity contribution in [3.8, 4) is 44.5 Å². The second-order valence-corrected chi connectivity index (χ2v) is 18.1. The first-order valence-corrected chi connectivity index (χ1v) is 22.7. The van der Waals surface area contributed by atoms with E-state index in [2.05, 4.69) is 218 Å². The number of para-hydroxylation sites is 2. The van der Waals surface area contributed by atoms with E-state index in [1.165, 1.54) is 55.6 Å². The van der Waals surface area contributed by atoms with E-state index >= 15 is 0 Å². The Morgan fingerprint density at radius 3 is 1.42 bits per heavy atom. The molecule has 3 aliphatic rings. The molecule has 2 nitrogen and oxygen atoms in total. The first-order valence-electron chi connectivity index (χ1n) is 25.2. The van der Waals surface area contributed by atoms with Crippen LogP contribution in [0.1, 0.15) is 54.1 Å². The van der Waals surface area contributed by atoms with Gasteiger partial charge in [0.15, 0.2) is 0 Å². The predicted octanol–water partition coefficient (Wildman–Crippen LogP) is 16.9. The smallest absolute Gasteiger partial charge is 0.0727 e. The van der Waals surface area contributed by atoms with Crippen molar-refractivity contribution in [1.82, 2.24) is 0 Å². The van der Waals surface area contributed by atoms with Crippen molar-refractivity contribution in [1.29, 1.82) is 0 Å². The molecule has 0 fully saturated rings. The average molecular weight is 848 g/mol. The molecule has 0 aromatic heterocycles. The van der Waals surface area contributed by atoms with E-state index in [9.17, 15) is 0 Å². The average Bonchev–Trinajstić information content (AvgIpc) is 3.97. The molecule has 66 heavy (non-hydrogen) atoms. The maximum absolute atomic E-state index is 9.01. The molecule has 2 heteroatoms. The van der Waals surface area contributed by atoms with Gasteiger partial charge in [-0.15, -0.1) is 0 Å². The van der Waals surface area contributed by atoms with Gasteiger partial charge in [0.25, 0.3) is 0 Å². The minimum atomic E-state index is -0.697. The van der Waals surface area contributed by atoms with Gasteiger partial charge in [-0.3, -0.25) is 0 Å². The molecule has 1 atom stereocenters. The van der Waals surface area contributed by atoms with Gasteiger partial charge < -0.3 is 9.80 Å².